The number of ether oxygens (including phenoxy) is 1. The van der Waals surface area contributed by atoms with Crippen molar-refractivity contribution in [1.82, 2.24) is 4.31 Å². The number of hydrogen-bond donors (Lipinski definition) is 0. The SMILES string of the molecule is CCCS(=O)(=O)N(CC(F)(F)F)C1CCOCC1. The maximum absolute atomic E-state index is 12.5. The van der Waals surface area contributed by atoms with Gasteiger partial charge in [-0.05, 0) is 19.3 Å². The van der Waals surface area contributed by atoms with Crippen LogP contribution in [0.25, 0.3) is 0 Å². The van der Waals surface area contributed by atoms with Gasteiger partial charge in [0.2, 0.25) is 10.0 Å². The lowest BCUT2D eigenvalue weighted by atomic mass is 10.1. The highest BCUT2D eigenvalue weighted by atomic mass is 32.2. The molecule has 1 fully saturated rings. The van der Waals surface area contributed by atoms with Crippen LogP contribution < -0.4 is 0 Å². The number of halogens is 3. The van der Waals surface area contributed by atoms with Crippen LogP contribution in [-0.2, 0) is 14.8 Å². The van der Waals surface area contributed by atoms with Crippen LogP contribution in [0.1, 0.15) is 26.2 Å². The summed E-state index contributed by atoms with van der Waals surface area (Å²) in [6.45, 7) is 0.842. The highest BCUT2D eigenvalue weighted by Gasteiger charge is 2.40. The Balaban J connectivity index is 2.86. The molecule has 0 radical (unpaired) electrons. The summed E-state index contributed by atoms with van der Waals surface area (Å²) in [4.78, 5) is 0. The van der Waals surface area contributed by atoms with Crippen molar-refractivity contribution in [2.45, 2.75) is 38.4 Å². The molecule has 1 heterocycles. The molecule has 0 spiro atoms. The molecule has 18 heavy (non-hydrogen) atoms. The molecule has 0 atom stereocenters. The van der Waals surface area contributed by atoms with E-state index in [0.717, 1.165) is 0 Å². The van der Waals surface area contributed by atoms with E-state index in [-0.39, 0.29) is 5.75 Å². The lowest BCUT2D eigenvalue weighted by molar-refractivity contribution is -0.141. The minimum atomic E-state index is -4.51. The molecule has 1 rings (SSSR count). The summed E-state index contributed by atoms with van der Waals surface area (Å²) in [5, 5.41) is 0. The first-order valence-corrected chi connectivity index (χ1v) is 7.51. The number of nitrogens with zero attached hydrogens (tertiary/aromatic N) is 1. The second kappa shape index (κ2) is 6.21. The summed E-state index contributed by atoms with van der Waals surface area (Å²) < 4.78 is 66.9. The van der Waals surface area contributed by atoms with Crippen molar-refractivity contribution in [2.24, 2.45) is 0 Å². The van der Waals surface area contributed by atoms with Crippen molar-refractivity contribution in [3.63, 3.8) is 0 Å². The molecule has 0 aliphatic carbocycles. The molecule has 0 aromatic carbocycles. The molecule has 108 valence electrons. The molecular weight excluding hydrogens is 271 g/mol. The lowest BCUT2D eigenvalue weighted by Gasteiger charge is -2.33. The van der Waals surface area contributed by atoms with Crippen molar-refractivity contribution >= 4 is 10.0 Å². The molecule has 8 heteroatoms. The molecule has 0 saturated carbocycles. The molecular formula is C10H18F3NO3S. The zero-order valence-corrected chi connectivity index (χ0v) is 11.1. The molecule has 4 nitrogen and oxygen atoms in total. The van der Waals surface area contributed by atoms with Crippen molar-refractivity contribution in [2.75, 3.05) is 25.5 Å². The quantitative estimate of drug-likeness (QED) is 0.775. The minimum Gasteiger partial charge on any atom is -0.381 e. The fourth-order valence-corrected chi connectivity index (χ4v) is 3.74. The Labute approximate surface area is 105 Å². The molecule has 0 aromatic heterocycles. The Morgan fingerprint density at radius 3 is 2.28 bits per heavy atom. The van der Waals surface area contributed by atoms with Gasteiger partial charge in [0, 0.05) is 19.3 Å². The van der Waals surface area contributed by atoms with Gasteiger partial charge in [-0.25, -0.2) is 8.42 Å². The van der Waals surface area contributed by atoms with Gasteiger partial charge in [-0.2, -0.15) is 17.5 Å². The molecule has 0 N–H and O–H groups in total. The van der Waals surface area contributed by atoms with Crippen LogP contribution in [0, 0.1) is 0 Å². The Hall–Kier alpha value is -0.340. The van der Waals surface area contributed by atoms with E-state index in [4.69, 9.17) is 4.74 Å². The minimum absolute atomic E-state index is 0.250. The smallest absolute Gasteiger partial charge is 0.381 e. The molecule has 1 saturated heterocycles. The van der Waals surface area contributed by atoms with E-state index in [1.165, 1.54) is 0 Å². The lowest BCUT2D eigenvalue weighted by Crippen LogP contribution is -2.48. The van der Waals surface area contributed by atoms with Gasteiger partial charge in [0.1, 0.15) is 6.54 Å². The van der Waals surface area contributed by atoms with Crippen molar-refractivity contribution in [1.29, 1.82) is 0 Å². The van der Waals surface area contributed by atoms with Gasteiger partial charge in [-0.1, -0.05) is 6.92 Å². The van der Waals surface area contributed by atoms with Gasteiger partial charge in [-0.3, -0.25) is 0 Å². The van der Waals surface area contributed by atoms with E-state index in [0.29, 0.717) is 36.8 Å². The zero-order valence-electron chi connectivity index (χ0n) is 10.2. The summed E-state index contributed by atoms with van der Waals surface area (Å²) in [5.41, 5.74) is 0. The number of alkyl halides is 3. The Kier molecular flexibility index (Phi) is 5.42. The van der Waals surface area contributed by atoms with E-state index < -0.39 is 28.8 Å². The van der Waals surface area contributed by atoms with E-state index in [1.807, 2.05) is 0 Å². The predicted molar refractivity (Wildman–Crippen MR) is 60.7 cm³/mol. The topological polar surface area (TPSA) is 46.6 Å². The third-order valence-corrected chi connectivity index (χ3v) is 4.82. The van der Waals surface area contributed by atoms with Gasteiger partial charge in [0.25, 0.3) is 0 Å². The van der Waals surface area contributed by atoms with Gasteiger partial charge in [0.15, 0.2) is 0 Å². The predicted octanol–water partition coefficient (Wildman–Crippen LogP) is 1.77. The average molecular weight is 289 g/mol. The third kappa shape index (κ3) is 4.74. The van der Waals surface area contributed by atoms with E-state index in [1.54, 1.807) is 6.92 Å². The van der Waals surface area contributed by atoms with Gasteiger partial charge in [0.05, 0.1) is 5.75 Å². The van der Waals surface area contributed by atoms with Crippen LogP contribution in [0.2, 0.25) is 0 Å². The summed E-state index contributed by atoms with van der Waals surface area (Å²) in [7, 11) is -3.85. The van der Waals surface area contributed by atoms with Crippen LogP contribution >= 0.6 is 0 Å². The largest absolute Gasteiger partial charge is 0.402 e. The fourth-order valence-electron chi connectivity index (χ4n) is 1.98. The first kappa shape index (κ1) is 15.7. The van der Waals surface area contributed by atoms with Gasteiger partial charge >= 0.3 is 6.18 Å². The van der Waals surface area contributed by atoms with Crippen LogP contribution in [0.5, 0.6) is 0 Å². The van der Waals surface area contributed by atoms with Gasteiger partial charge in [-0.15, -0.1) is 0 Å². The monoisotopic (exact) mass is 289 g/mol. The Morgan fingerprint density at radius 2 is 1.83 bits per heavy atom. The summed E-state index contributed by atoms with van der Waals surface area (Å²) in [6.07, 6.45) is -3.57. The highest BCUT2D eigenvalue weighted by molar-refractivity contribution is 7.89. The first-order chi connectivity index (χ1) is 8.26. The highest BCUT2D eigenvalue weighted by Crippen LogP contribution is 2.25. The van der Waals surface area contributed by atoms with Crippen molar-refractivity contribution < 1.29 is 26.3 Å². The molecule has 1 aliphatic rings. The van der Waals surface area contributed by atoms with Crippen LogP contribution in [-0.4, -0.2) is 50.5 Å². The number of rotatable bonds is 5. The molecule has 0 amide bonds. The molecule has 0 unspecified atom stereocenters. The molecule has 1 aliphatic heterocycles. The first-order valence-electron chi connectivity index (χ1n) is 5.90. The normalized spacial score (nSPS) is 19.4. The third-order valence-electron chi connectivity index (χ3n) is 2.75. The maximum atomic E-state index is 12.5. The second-order valence-electron chi connectivity index (χ2n) is 4.32. The van der Waals surface area contributed by atoms with Crippen LogP contribution in [0.4, 0.5) is 13.2 Å². The van der Waals surface area contributed by atoms with E-state index in [9.17, 15) is 21.6 Å². The zero-order chi connectivity index (χ0) is 13.8. The number of sulfonamides is 1. The van der Waals surface area contributed by atoms with Crippen molar-refractivity contribution in [3.05, 3.63) is 0 Å². The van der Waals surface area contributed by atoms with E-state index >= 15 is 0 Å². The van der Waals surface area contributed by atoms with Gasteiger partial charge < -0.3 is 4.74 Å². The summed E-state index contributed by atoms with van der Waals surface area (Å²) in [5.74, 6) is -0.250. The Bertz CT molecular complexity index is 350. The fraction of sp³-hybridized carbons (Fsp3) is 1.00. The summed E-state index contributed by atoms with van der Waals surface area (Å²) in [6, 6.07) is -0.600. The molecule has 0 bridgehead atoms. The molecule has 0 aromatic rings. The summed E-state index contributed by atoms with van der Waals surface area (Å²) >= 11 is 0. The van der Waals surface area contributed by atoms with Crippen LogP contribution in [0.3, 0.4) is 0 Å². The van der Waals surface area contributed by atoms with E-state index in [2.05, 4.69) is 0 Å². The second-order valence-corrected chi connectivity index (χ2v) is 6.36. The standard InChI is InChI=1S/C10H18F3NO3S/c1-2-7-18(15,16)14(8-10(11,12)13)9-3-5-17-6-4-9/h9H,2-8H2,1H3. The van der Waals surface area contributed by atoms with Crippen LogP contribution in [0.15, 0.2) is 0 Å². The maximum Gasteiger partial charge on any atom is 0.402 e. The van der Waals surface area contributed by atoms with Crippen molar-refractivity contribution in [3.8, 4) is 0 Å². The Morgan fingerprint density at radius 1 is 1.28 bits per heavy atom. The number of hydrogen-bond acceptors (Lipinski definition) is 3. The average Bonchev–Trinajstić information content (AvgIpc) is 2.26.